The number of carbonyl (C=O) groups is 1. The number of fused-ring (bicyclic) bond motifs is 1. The van der Waals surface area contributed by atoms with Crippen molar-refractivity contribution in [3.63, 3.8) is 0 Å². The SMILES string of the molecule is CCCC(CCC)N1CCCCC1.Cc1c(-c2ccccc2)nc2cc(N)ccc2c1C(=O)N[C@@H](C)C1CCCCC1. The van der Waals surface area contributed by atoms with Crippen molar-refractivity contribution in [2.75, 3.05) is 18.8 Å². The molecule has 3 aromatic rings. The highest BCUT2D eigenvalue weighted by atomic mass is 16.1. The number of rotatable bonds is 9. The van der Waals surface area contributed by atoms with Crippen molar-refractivity contribution in [3.8, 4) is 11.3 Å². The Morgan fingerprint density at radius 2 is 1.60 bits per heavy atom. The Labute approximate surface area is 254 Å². The summed E-state index contributed by atoms with van der Waals surface area (Å²) in [6.45, 7) is 11.5. The molecule has 0 spiro atoms. The average molecular weight is 571 g/mol. The summed E-state index contributed by atoms with van der Waals surface area (Å²) in [6.07, 6.45) is 16.1. The van der Waals surface area contributed by atoms with Gasteiger partial charge in [-0.2, -0.15) is 0 Å². The number of benzene rings is 2. The van der Waals surface area contributed by atoms with E-state index >= 15 is 0 Å². The third-order valence-corrected chi connectivity index (χ3v) is 9.39. The van der Waals surface area contributed by atoms with E-state index in [0.717, 1.165) is 33.8 Å². The molecule has 1 atom stereocenters. The van der Waals surface area contributed by atoms with Crippen LogP contribution < -0.4 is 11.1 Å². The van der Waals surface area contributed by atoms with Crippen molar-refractivity contribution >= 4 is 22.5 Å². The summed E-state index contributed by atoms with van der Waals surface area (Å²) >= 11 is 0. The van der Waals surface area contributed by atoms with Crippen molar-refractivity contribution in [1.82, 2.24) is 15.2 Å². The van der Waals surface area contributed by atoms with E-state index in [2.05, 4.69) is 31.0 Å². The van der Waals surface area contributed by atoms with Crippen LogP contribution >= 0.6 is 0 Å². The lowest BCUT2D eigenvalue weighted by Gasteiger charge is -2.34. The second-order valence-electron chi connectivity index (χ2n) is 12.6. The normalized spacial score (nSPS) is 17.1. The van der Waals surface area contributed by atoms with E-state index in [1.807, 2.05) is 55.5 Å². The van der Waals surface area contributed by atoms with Gasteiger partial charge in [0.2, 0.25) is 0 Å². The second-order valence-corrected chi connectivity index (χ2v) is 12.6. The van der Waals surface area contributed by atoms with Crippen LogP contribution in [0.15, 0.2) is 48.5 Å². The maximum Gasteiger partial charge on any atom is 0.252 e. The molecule has 1 aromatic heterocycles. The highest BCUT2D eigenvalue weighted by Gasteiger charge is 2.25. The Morgan fingerprint density at radius 3 is 2.24 bits per heavy atom. The molecule has 0 bridgehead atoms. The number of aromatic nitrogens is 1. The van der Waals surface area contributed by atoms with Gasteiger partial charge in [0.1, 0.15) is 0 Å². The first kappa shape index (κ1) is 32.0. The molecule has 2 aliphatic rings. The van der Waals surface area contributed by atoms with Crippen LogP contribution in [0.2, 0.25) is 0 Å². The van der Waals surface area contributed by atoms with E-state index in [-0.39, 0.29) is 11.9 Å². The van der Waals surface area contributed by atoms with Crippen molar-refractivity contribution in [3.05, 3.63) is 59.7 Å². The zero-order valence-corrected chi connectivity index (χ0v) is 26.6. The number of nitrogen functional groups attached to an aromatic ring is 1. The minimum atomic E-state index is -0.0186. The molecule has 1 saturated carbocycles. The molecule has 1 aliphatic carbocycles. The van der Waals surface area contributed by atoms with Gasteiger partial charge in [-0.15, -0.1) is 0 Å². The first-order valence-corrected chi connectivity index (χ1v) is 16.7. The first-order valence-electron chi connectivity index (χ1n) is 16.7. The number of nitrogens with one attached hydrogen (secondary N) is 1. The highest BCUT2D eigenvalue weighted by Crippen LogP contribution is 2.32. The number of hydrogen-bond donors (Lipinski definition) is 2. The lowest BCUT2D eigenvalue weighted by Crippen LogP contribution is -2.39. The van der Waals surface area contributed by atoms with Gasteiger partial charge in [-0.3, -0.25) is 4.79 Å². The molecule has 2 aromatic carbocycles. The minimum absolute atomic E-state index is 0.0186. The van der Waals surface area contributed by atoms with E-state index in [9.17, 15) is 4.79 Å². The number of carbonyl (C=O) groups excluding carboxylic acids is 1. The largest absolute Gasteiger partial charge is 0.399 e. The molecular weight excluding hydrogens is 516 g/mol. The summed E-state index contributed by atoms with van der Waals surface area (Å²) in [5, 5.41) is 4.15. The summed E-state index contributed by atoms with van der Waals surface area (Å²) in [6, 6.07) is 16.7. The third kappa shape index (κ3) is 8.34. The van der Waals surface area contributed by atoms with Gasteiger partial charge in [0.25, 0.3) is 5.91 Å². The fourth-order valence-electron chi connectivity index (χ4n) is 7.04. The predicted molar refractivity (Wildman–Crippen MR) is 179 cm³/mol. The van der Waals surface area contributed by atoms with Crippen LogP contribution in [0.5, 0.6) is 0 Å². The number of pyridine rings is 1. The molecular formula is C37H54N4O. The minimum Gasteiger partial charge on any atom is -0.399 e. The maximum absolute atomic E-state index is 13.4. The summed E-state index contributed by atoms with van der Waals surface area (Å²) in [5.41, 5.74) is 10.9. The summed E-state index contributed by atoms with van der Waals surface area (Å²) in [5.74, 6) is 0.542. The zero-order chi connectivity index (χ0) is 29.9. The molecule has 0 unspecified atom stereocenters. The van der Waals surface area contributed by atoms with Crippen molar-refractivity contribution < 1.29 is 4.79 Å². The van der Waals surface area contributed by atoms with Crippen molar-refractivity contribution in [1.29, 1.82) is 0 Å². The standard InChI is InChI=1S/C25H29N3O.C12H25N/c1-16-23(25(29)27-17(2)18-9-5-3-6-10-18)21-14-13-20(26)15-22(21)28-24(16)19-11-7-4-8-12-19;1-3-8-12(9-4-2)13-10-6-5-7-11-13/h4,7-8,11-15,17-18H,3,5-6,9-10,26H2,1-2H3,(H,27,29);12H,3-11H2,1-2H3/t17-;/m0./s1. The molecule has 1 amide bonds. The van der Waals surface area contributed by atoms with Crippen LogP contribution in [0.25, 0.3) is 22.2 Å². The second kappa shape index (κ2) is 16.1. The van der Waals surface area contributed by atoms with Gasteiger partial charge in [-0.05, 0) is 95.1 Å². The molecule has 2 heterocycles. The van der Waals surface area contributed by atoms with E-state index in [4.69, 9.17) is 10.7 Å². The molecule has 5 rings (SSSR count). The lowest BCUT2D eigenvalue weighted by atomic mass is 9.84. The van der Waals surface area contributed by atoms with E-state index in [1.54, 1.807) is 0 Å². The highest BCUT2D eigenvalue weighted by molar-refractivity contribution is 6.09. The molecule has 5 nitrogen and oxygen atoms in total. The van der Waals surface area contributed by atoms with Gasteiger partial charge in [-0.1, -0.05) is 82.7 Å². The molecule has 2 fully saturated rings. The molecule has 0 radical (unpaired) electrons. The van der Waals surface area contributed by atoms with Crippen LogP contribution in [0, 0.1) is 12.8 Å². The number of hydrogen-bond acceptors (Lipinski definition) is 4. The number of anilines is 1. The average Bonchev–Trinajstić information content (AvgIpc) is 3.02. The van der Waals surface area contributed by atoms with E-state index < -0.39 is 0 Å². The molecule has 228 valence electrons. The van der Waals surface area contributed by atoms with Gasteiger partial charge in [0.05, 0.1) is 16.8 Å². The van der Waals surface area contributed by atoms with Crippen LogP contribution in [-0.2, 0) is 0 Å². The van der Waals surface area contributed by atoms with Gasteiger partial charge in [-0.25, -0.2) is 4.98 Å². The third-order valence-electron chi connectivity index (χ3n) is 9.39. The number of likely N-dealkylation sites (tertiary alicyclic amines) is 1. The Morgan fingerprint density at radius 1 is 0.952 bits per heavy atom. The van der Waals surface area contributed by atoms with Gasteiger partial charge in [0, 0.05) is 28.7 Å². The summed E-state index contributed by atoms with van der Waals surface area (Å²) in [4.78, 5) is 21.0. The van der Waals surface area contributed by atoms with E-state index in [1.165, 1.54) is 90.1 Å². The van der Waals surface area contributed by atoms with Crippen molar-refractivity contribution in [2.45, 2.75) is 117 Å². The monoisotopic (exact) mass is 570 g/mol. The molecule has 42 heavy (non-hydrogen) atoms. The fourth-order valence-corrected chi connectivity index (χ4v) is 7.04. The predicted octanol–water partition coefficient (Wildman–Crippen LogP) is 8.93. The number of piperidine rings is 1. The smallest absolute Gasteiger partial charge is 0.252 e. The molecule has 3 N–H and O–H groups in total. The molecule has 5 heteroatoms. The Balaban J connectivity index is 0.000000262. The fraction of sp³-hybridized carbons (Fsp3) is 0.568. The summed E-state index contributed by atoms with van der Waals surface area (Å²) < 4.78 is 0. The maximum atomic E-state index is 13.4. The Kier molecular flexibility index (Phi) is 12.2. The Bertz CT molecular complexity index is 1260. The quantitative estimate of drug-likeness (QED) is 0.252. The summed E-state index contributed by atoms with van der Waals surface area (Å²) in [7, 11) is 0. The van der Waals surface area contributed by atoms with Gasteiger partial charge >= 0.3 is 0 Å². The van der Waals surface area contributed by atoms with Crippen LogP contribution in [0.4, 0.5) is 5.69 Å². The number of nitrogens with two attached hydrogens (primary N) is 1. The lowest BCUT2D eigenvalue weighted by molar-refractivity contribution is 0.0920. The first-order chi connectivity index (χ1) is 20.4. The Hall–Kier alpha value is -2.92. The zero-order valence-electron chi connectivity index (χ0n) is 26.6. The van der Waals surface area contributed by atoms with Crippen molar-refractivity contribution in [2.24, 2.45) is 5.92 Å². The molecule has 1 aliphatic heterocycles. The van der Waals surface area contributed by atoms with Gasteiger partial charge in [0.15, 0.2) is 0 Å². The van der Waals surface area contributed by atoms with E-state index in [0.29, 0.717) is 17.2 Å². The topological polar surface area (TPSA) is 71.2 Å². The van der Waals surface area contributed by atoms with Gasteiger partial charge < -0.3 is 16.0 Å². The molecule has 1 saturated heterocycles. The number of nitrogens with zero attached hydrogens (tertiary/aromatic N) is 2. The van der Waals surface area contributed by atoms with Crippen LogP contribution in [0.3, 0.4) is 0 Å². The number of amides is 1. The van der Waals surface area contributed by atoms with Crippen LogP contribution in [0.1, 0.15) is 114 Å². The van der Waals surface area contributed by atoms with Crippen LogP contribution in [-0.4, -0.2) is 41.0 Å².